The zero-order valence-corrected chi connectivity index (χ0v) is 10.9. The molecule has 0 radical (unpaired) electrons. The summed E-state index contributed by atoms with van der Waals surface area (Å²) in [6.07, 6.45) is 6.45. The Kier molecular flexibility index (Phi) is 4.51. The fraction of sp³-hybridized carbons (Fsp3) is 0.643. The van der Waals surface area contributed by atoms with Crippen molar-refractivity contribution in [3.05, 3.63) is 30.1 Å². The molecule has 2 unspecified atom stereocenters. The molecule has 0 bridgehead atoms. The average molecular weight is 233 g/mol. The number of aromatic nitrogens is 1. The van der Waals surface area contributed by atoms with E-state index in [1.165, 1.54) is 31.5 Å². The molecule has 3 nitrogen and oxygen atoms in total. The van der Waals surface area contributed by atoms with E-state index < -0.39 is 0 Å². The highest BCUT2D eigenvalue weighted by Gasteiger charge is 2.18. The van der Waals surface area contributed by atoms with E-state index in [0.717, 1.165) is 6.54 Å². The minimum absolute atomic E-state index is 0.406. The molecule has 3 heteroatoms. The van der Waals surface area contributed by atoms with Crippen molar-refractivity contribution >= 4 is 0 Å². The topological polar surface area (TPSA) is 28.2 Å². The van der Waals surface area contributed by atoms with Crippen molar-refractivity contribution < 1.29 is 0 Å². The Morgan fingerprint density at radius 3 is 2.53 bits per heavy atom. The molecule has 0 amide bonds. The van der Waals surface area contributed by atoms with Gasteiger partial charge in [0.2, 0.25) is 0 Å². The molecule has 0 spiro atoms. The lowest BCUT2D eigenvalue weighted by atomic mass is 10.1. The summed E-state index contributed by atoms with van der Waals surface area (Å²) in [5.41, 5.74) is 1.31. The fourth-order valence-corrected chi connectivity index (χ4v) is 2.43. The molecule has 0 saturated carbocycles. The molecule has 0 aromatic carbocycles. The maximum absolute atomic E-state index is 4.05. The van der Waals surface area contributed by atoms with Gasteiger partial charge >= 0.3 is 0 Å². The second-order valence-corrected chi connectivity index (χ2v) is 5.00. The van der Waals surface area contributed by atoms with Crippen molar-refractivity contribution in [3.63, 3.8) is 0 Å². The summed E-state index contributed by atoms with van der Waals surface area (Å²) in [7, 11) is 0. The molecule has 94 valence electrons. The van der Waals surface area contributed by atoms with Crippen LogP contribution >= 0.6 is 0 Å². The third-order valence-electron chi connectivity index (χ3n) is 3.69. The van der Waals surface area contributed by atoms with E-state index >= 15 is 0 Å². The zero-order valence-electron chi connectivity index (χ0n) is 10.9. The molecule has 2 rings (SSSR count). The molecule has 1 aliphatic rings. The zero-order chi connectivity index (χ0) is 12.1. The standard InChI is InChI=1S/C14H23N3/c1-12(17-9-3-4-10-17)11-16-13(2)14-5-7-15-8-6-14/h5-8,12-13,16H,3-4,9-11H2,1-2H3. The minimum Gasteiger partial charge on any atom is -0.309 e. The van der Waals surface area contributed by atoms with Gasteiger partial charge in [-0.3, -0.25) is 9.88 Å². The number of nitrogens with zero attached hydrogens (tertiary/aromatic N) is 2. The molecule has 1 aromatic rings. The molecular formula is C14H23N3. The van der Waals surface area contributed by atoms with E-state index in [4.69, 9.17) is 0 Å². The number of hydrogen-bond acceptors (Lipinski definition) is 3. The predicted octanol–water partition coefficient (Wildman–Crippen LogP) is 2.22. The summed E-state index contributed by atoms with van der Waals surface area (Å²) >= 11 is 0. The van der Waals surface area contributed by atoms with Gasteiger partial charge in [-0.15, -0.1) is 0 Å². The van der Waals surface area contributed by atoms with Crippen molar-refractivity contribution in [1.29, 1.82) is 0 Å². The van der Waals surface area contributed by atoms with Crippen molar-refractivity contribution in [1.82, 2.24) is 15.2 Å². The van der Waals surface area contributed by atoms with Gasteiger partial charge in [0.1, 0.15) is 0 Å². The van der Waals surface area contributed by atoms with Gasteiger partial charge < -0.3 is 5.32 Å². The van der Waals surface area contributed by atoms with Crippen LogP contribution in [-0.4, -0.2) is 35.6 Å². The molecule has 2 atom stereocenters. The monoisotopic (exact) mass is 233 g/mol. The predicted molar refractivity (Wildman–Crippen MR) is 70.9 cm³/mol. The maximum Gasteiger partial charge on any atom is 0.0293 e. The van der Waals surface area contributed by atoms with Crippen LogP contribution in [0.4, 0.5) is 0 Å². The van der Waals surface area contributed by atoms with Crippen molar-refractivity contribution in [2.75, 3.05) is 19.6 Å². The number of likely N-dealkylation sites (tertiary alicyclic amines) is 1. The molecule has 17 heavy (non-hydrogen) atoms. The highest BCUT2D eigenvalue weighted by Crippen LogP contribution is 2.13. The summed E-state index contributed by atoms with van der Waals surface area (Å²) < 4.78 is 0. The SMILES string of the molecule is CC(NCC(C)N1CCCC1)c1ccncc1. The van der Waals surface area contributed by atoms with Gasteiger partial charge in [0.15, 0.2) is 0 Å². The molecule has 1 saturated heterocycles. The van der Waals surface area contributed by atoms with Crippen molar-refractivity contribution in [2.24, 2.45) is 0 Å². The lowest BCUT2D eigenvalue weighted by Gasteiger charge is -2.25. The van der Waals surface area contributed by atoms with Crippen LogP contribution in [0.15, 0.2) is 24.5 Å². The third kappa shape index (κ3) is 3.51. The van der Waals surface area contributed by atoms with E-state index in [2.05, 4.69) is 41.2 Å². The normalized spacial score (nSPS) is 20.4. The Morgan fingerprint density at radius 1 is 1.24 bits per heavy atom. The minimum atomic E-state index is 0.406. The fourth-order valence-electron chi connectivity index (χ4n) is 2.43. The summed E-state index contributed by atoms with van der Waals surface area (Å²) in [6.45, 7) is 8.13. The first kappa shape index (κ1) is 12.5. The number of rotatable bonds is 5. The van der Waals surface area contributed by atoms with Crippen LogP contribution < -0.4 is 5.32 Å². The lowest BCUT2D eigenvalue weighted by molar-refractivity contribution is 0.247. The summed E-state index contributed by atoms with van der Waals surface area (Å²) in [5.74, 6) is 0. The van der Waals surface area contributed by atoms with Gasteiger partial charge in [0.25, 0.3) is 0 Å². The summed E-state index contributed by atoms with van der Waals surface area (Å²) in [5, 5.41) is 3.61. The highest BCUT2D eigenvalue weighted by molar-refractivity contribution is 5.13. The molecular weight excluding hydrogens is 210 g/mol. The highest BCUT2D eigenvalue weighted by atomic mass is 15.2. The molecule has 1 aliphatic heterocycles. The molecule has 1 fully saturated rings. The lowest BCUT2D eigenvalue weighted by Crippen LogP contribution is -2.39. The summed E-state index contributed by atoms with van der Waals surface area (Å²) in [6, 6.07) is 5.21. The molecule has 1 aromatic heterocycles. The van der Waals surface area contributed by atoms with Gasteiger partial charge in [0.05, 0.1) is 0 Å². The second-order valence-electron chi connectivity index (χ2n) is 5.00. The molecule has 2 heterocycles. The van der Waals surface area contributed by atoms with Gasteiger partial charge in [-0.2, -0.15) is 0 Å². The van der Waals surface area contributed by atoms with E-state index in [0.29, 0.717) is 12.1 Å². The van der Waals surface area contributed by atoms with Crippen molar-refractivity contribution in [2.45, 2.75) is 38.8 Å². The molecule has 1 N–H and O–H groups in total. The van der Waals surface area contributed by atoms with Gasteiger partial charge in [-0.25, -0.2) is 0 Å². The Labute approximate surface area is 104 Å². The number of nitrogens with one attached hydrogen (secondary N) is 1. The first-order valence-corrected chi connectivity index (χ1v) is 6.64. The number of hydrogen-bond donors (Lipinski definition) is 1. The van der Waals surface area contributed by atoms with E-state index in [1.54, 1.807) is 0 Å². The Morgan fingerprint density at radius 2 is 1.88 bits per heavy atom. The van der Waals surface area contributed by atoms with Crippen LogP contribution in [0, 0.1) is 0 Å². The third-order valence-corrected chi connectivity index (χ3v) is 3.69. The smallest absolute Gasteiger partial charge is 0.0293 e. The van der Waals surface area contributed by atoms with Crippen LogP contribution in [-0.2, 0) is 0 Å². The van der Waals surface area contributed by atoms with Crippen LogP contribution in [0.1, 0.15) is 38.3 Å². The Hall–Kier alpha value is -0.930. The quantitative estimate of drug-likeness (QED) is 0.845. The molecule has 0 aliphatic carbocycles. The van der Waals surface area contributed by atoms with Crippen LogP contribution in [0.3, 0.4) is 0 Å². The maximum atomic E-state index is 4.05. The second kappa shape index (κ2) is 6.12. The summed E-state index contributed by atoms with van der Waals surface area (Å²) in [4.78, 5) is 6.63. The first-order valence-electron chi connectivity index (χ1n) is 6.64. The largest absolute Gasteiger partial charge is 0.309 e. The van der Waals surface area contributed by atoms with Crippen LogP contribution in [0.25, 0.3) is 0 Å². The van der Waals surface area contributed by atoms with Crippen LogP contribution in [0.5, 0.6) is 0 Å². The number of pyridine rings is 1. The van der Waals surface area contributed by atoms with Gasteiger partial charge in [0, 0.05) is 31.0 Å². The van der Waals surface area contributed by atoms with Gasteiger partial charge in [-0.05, 0) is 57.5 Å². The van der Waals surface area contributed by atoms with E-state index in [1.807, 2.05) is 12.4 Å². The Bertz CT molecular complexity index is 319. The van der Waals surface area contributed by atoms with Crippen LogP contribution in [0.2, 0.25) is 0 Å². The van der Waals surface area contributed by atoms with Gasteiger partial charge in [-0.1, -0.05) is 0 Å². The first-order chi connectivity index (χ1) is 8.27. The van der Waals surface area contributed by atoms with Crippen molar-refractivity contribution in [3.8, 4) is 0 Å². The Balaban J connectivity index is 1.77. The van der Waals surface area contributed by atoms with E-state index in [-0.39, 0.29) is 0 Å². The average Bonchev–Trinajstić information content (AvgIpc) is 2.90. The van der Waals surface area contributed by atoms with E-state index in [9.17, 15) is 0 Å².